The molecule has 6 nitrogen and oxygen atoms in total. The molecule has 0 radical (unpaired) electrons. The van der Waals surface area contributed by atoms with E-state index in [1.54, 1.807) is 25.3 Å². The lowest BCUT2D eigenvalue weighted by Crippen LogP contribution is -2.36. The van der Waals surface area contributed by atoms with Gasteiger partial charge in [-0.2, -0.15) is 4.31 Å². The third-order valence-corrected chi connectivity index (χ3v) is 7.32. The summed E-state index contributed by atoms with van der Waals surface area (Å²) in [5.74, 6) is 0.538. The number of sulfonamides is 1. The molecule has 2 N–H and O–H groups in total. The van der Waals surface area contributed by atoms with Crippen molar-refractivity contribution in [1.82, 2.24) is 9.62 Å². The van der Waals surface area contributed by atoms with Crippen molar-refractivity contribution in [2.24, 2.45) is 0 Å². The first-order valence-corrected chi connectivity index (χ1v) is 12.0. The molecular weight excluding hydrogens is 418 g/mol. The van der Waals surface area contributed by atoms with Crippen LogP contribution in [0.5, 0.6) is 5.75 Å². The number of ether oxygens (including phenoxy) is 1. The van der Waals surface area contributed by atoms with E-state index in [1.807, 2.05) is 18.2 Å². The summed E-state index contributed by atoms with van der Waals surface area (Å²) in [5, 5.41) is 6.81. The average Bonchev–Trinajstić information content (AvgIpc) is 3.29. The number of hydrogen-bond acceptors (Lipinski definition) is 4. The van der Waals surface area contributed by atoms with E-state index in [0.29, 0.717) is 29.6 Å². The summed E-state index contributed by atoms with van der Waals surface area (Å²) in [6.45, 7) is 3.20. The summed E-state index contributed by atoms with van der Waals surface area (Å²) in [5.41, 5.74) is 1.82. The van der Waals surface area contributed by atoms with Crippen molar-refractivity contribution in [3.8, 4) is 5.75 Å². The molecule has 0 saturated carbocycles. The molecule has 0 aliphatic carbocycles. The van der Waals surface area contributed by atoms with Crippen molar-refractivity contribution in [3.63, 3.8) is 0 Å². The van der Waals surface area contributed by atoms with E-state index in [9.17, 15) is 8.42 Å². The number of thiocarbonyl (C=S) groups is 1. The van der Waals surface area contributed by atoms with E-state index in [4.69, 9.17) is 17.0 Å². The molecule has 0 spiro atoms. The van der Waals surface area contributed by atoms with Gasteiger partial charge in [-0.1, -0.05) is 30.3 Å². The fourth-order valence-electron chi connectivity index (χ4n) is 3.50. The van der Waals surface area contributed by atoms with Crippen LogP contribution in [0, 0.1) is 0 Å². The zero-order valence-corrected chi connectivity index (χ0v) is 19.1. The number of anilines is 1. The van der Waals surface area contributed by atoms with Gasteiger partial charge in [-0.05, 0) is 68.6 Å². The molecule has 1 heterocycles. The average molecular weight is 448 g/mol. The fraction of sp³-hybridized carbons (Fsp3) is 0.409. The van der Waals surface area contributed by atoms with Crippen LogP contribution in [0.3, 0.4) is 0 Å². The lowest BCUT2D eigenvalue weighted by Gasteiger charge is -2.20. The van der Waals surface area contributed by atoms with Crippen molar-refractivity contribution >= 4 is 33.0 Å². The molecule has 30 heavy (non-hydrogen) atoms. The van der Waals surface area contributed by atoms with Crippen molar-refractivity contribution in [2.75, 3.05) is 25.5 Å². The molecule has 1 fully saturated rings. The Morgan fingerprint density at radius 1 is 1.17 bits per heavy atom. The van der Waals surface area contributed by atoms with Crippen LogP contribution >= 0.6 is 12.2 Å². The molecule has 1 aliphatic heterocycles. The number of hydrogen-bond donors (Lipinski definition) is 2. The lowest BCUT2D eigenvalue weighted by atomic mass is 10.1. The maximum atomic E-state index is 12.9. The minimum Gasteiger partial charge on any atom is -0.495 e. The highest BCUT2D eigenvalue weighted by Gasteiger charge is 2.28. The maximum Gasteiger partial charge on any atom is 0.243 e. The van der Waals surface area contributed by atoms with Gasteiger partial charge in [-0.15, -0.1) is 0 Å². The van der Waals surface area contributed by atoms with E-state index >= 15 is 0 Å². The standard InChI is InChI=1S/C22H29N3O3S2/c1-17(10-11-18-8-4-3-5-9-18)23-22(29)24-20-16-19(12-13-21(20)28-2)30(26,27)25-14-6-7-15-25/h3-5,8-9,12-13,16-17H,6-7,10-11,14-15H2,1-2H3,(H2,23,24,29). The van der Waals surface area contributed by atoms with Crippen LogP contribution in [0.15, 0.2) is 53.4 Å². The van der Waals surface area contributed by atoms with Crippen LogP contribution in [0.2, 0.25) is 0 Å². The quantitative estimate of drug-likeness (QED) is 0.600. The van der Waals surface area contributed by atoms with Gasteiger partial charge in [0.05, 0.1) is 17.7 Å². The molecule has 0 amide bonds. The van der Waals surface area contributed by atoms with Gasteiger partial charge >= 0.3 is 0 Å². The summed E-state index contributed by atoms with van der Waals surface area (Å²) in [6.07, 6.45) is 3.67. The second-order valence-corrected chi connectivity index (χ2v) is 9.84. The van der Waals surface area contributed by atoms with Crippen LogP contribution in [-0.2, 0) is 16.4 Å². The molecule has 1 aliphatic rings. The monoisotopic (exact) mass is 447 g/mol. The SMILES string of the molecule is COc1ccc(S(=O)(=O)N2CCCC2)cc1NC(=S)NC(C)CCc1ccccc1. The molecular formula is C22H29N3O3S2. The molecule has 3 rings (SSSR count). The first kappa shape index (κ1) is 22.5. The van der Waals surface area contributed by atoms with Gasteiger partial charge < -0.3 is 15.4 Å². The largest absolute Gasteiger partial charge is 0.495 e. The third-order valence-electron chi connectivity index (χ3n) is 5.21. The molecule has 2 aromatic rings. The van der Waals surface area contributed by atoms with Gasteiger partial charge in [-0.25, -0.2) is 8.42 Å². The van der Waals surface area contributed by atoms with Crippen molar-refractivity contribution in [3.05, 3.63) is 54.1 Å². The molecule has 0 aromatic heterocycles. The topological polar surface area (TPSA) is 70.7 Å². The van der Waals surface area contributed by atoms with Crippen molar-refractivity contribution in [1.29, 1.82) is 0 Å². The van der Waals surface area contributed by atoms with Crippen molar-refractivity contribution < 1.29 is 13.2 Å². The van der Waals surface area contributed by atoms with Gasteiger partial charge in [-0.3, -0.25) is 0 Å². The van der Waals surface area contributed by atoms with E-state index in [-0.39, 0.29) is 10.9 Å². The van der Waals surface area contributed by atoms with Gasteiger partial charge in [0.15, 0.2) is 5.11 Å². The summed E-state index contributed by atoms with van der Waals surface area (Å²) in [6, 6.07) is 15.3. The summed E-state index contributed by atoms with van der Waals surface area (Å²) < 4.78 is 32.7. The van der Waals surface area contributed by atoms with Crippen molar-refractivity contribution in [2.45, 2.75) is 43.5 Å². The first-order valence-electron chi connectivity index (χ1n) is 10.2. The van der Waals surface area contributed by atoms with Gasteiger partial charge in [0.25, 0.3) is 0 Å². The summed E-state index contributed by atoms with van der Waals surface area (Å²) in [7, 11) is -1.96. The van der Waals surface area contributed by atoms with Crippen LogP contribution in [0.1, 0.15) is 31.7 Å². The zero-order valence-electron chi connectivity index (χ0n) is 17.4. The Labute approximate surface area is 184 Å². The van der Waals surface area contributed by atoms with E-state index < -0.39 is 10.0 Å². The number of aryl methyl sites for hydroxylation is 1. The molecule has 1 unspecified atom stereocenters. The summed E-state index contributed by atoms with van der Waals surface area (Å²) in [4.78, 5) is 0.243. The number of methoxy groups -OCH3 is 1. The highest BCUT2D eigenvalue weighted by molar-refractivity contribution is 7.89. The predicted molar refractivity (Wildman–Crippen MR) is 125 cm³/mol. The van der Waals surface area contributed by atoms with E-state index in [1.165, 1.54) is 9.87 Å². The van der Waals surface area contributed by atoms with Gasteiger partial charge in [0, 0.05) is 19.1 Å². The Morgan fingerprint density at radius 2 is 1.87 bits per heavy atom. The highest BCUT2D eigenvalue weighted by Crippen LogP contribution is 2.30. The predicted octanol–water partition coefficient (Wildman–Crippen LogP) is 3.79. The second-order valence-electron chi connectivity index (χ2n) is 7.50. The molecule has 162 valence electrons. The number of benzene rings is 2. The minimum atomic E-state index is -3.51. The Bertz CT molecular complexity index is 959. The lowest BCUT2D eigenvalue weighted by molar-refractivity contribution is 0.416. The van der Waals surface area contributed by atoms with E-state index in [2.05, 4.69) is 29.7 Å². The minimum absolute atomic E-state index is 0.160. The van der Waals surface area contributed by atoms with Crippen LogP contribution < -0.4 is 15.4 Å². The van der Waals surface area contributed by atoms with Gasteiger partial charge in [0.2, 0.25) is 10.0 Å². The third kappa shape index (κ3) is 5.71. The zero-order chi connectivity index (χ0) is 21.6. The second kappa shape index (κ2) is 10.2. The van der Waals surface area contributed by atoms with Crippen LogP contribution in [-0.4, -0.2) is 44.1 Å². The Kier molecular flexibility index (Phi) is 7.69. The highest BCUT2D eigenvalue weighted by atomic mass is 32.2. The fourth-order valence-corrected chi connectivity index (χ4v) is 5.36. The molecule has 1 atom stereocenters. The van der Waals surface area contributed by atoms with Gasteiger partial charge in [0.1, 0.15) is 5.75 Å². The smallest absolute Gasteiger partial charge is 0.243 e. The Balaban J connectivity index is 1.64. The molecule has 8 heteroatoms. The summed E-state index contributed by atoms with van der Waals surface area (Å²) >= 11 is 5.46. The molecule has 1 saturated heterocycles. The first-order chi connectivity index (χ1) is 14.4. The Morgan fingerprint density at radius 3 is 2.53 bits per heavy atom. The van der Waals surface area contributed by atoms with E-state index in [0.717, 1.165) is 25.7 Å². The normalized spacial score (nSPS) is 15.5. The molecule has 0 bridgehead atoms. The van der Waals surface area contributed by atoms with Crippen LogP contribution in [0.4, 0.5) is 5.69 Å². The maximum absolute atomic E-state index is 12.9. The number of nitrogens with zero attached hydrogens (tertiary/aromatic N) is 1. The number of rotatable bonds is 8. The number of nitrogens with one attached hydrogen (secondary N) is 2. The molecule has 2 aromatic carbocycles. The Hall–Kier alpha value is -2.16. The van der Waals surface area contributed by atoms with Crippen LogP contribution in [0.25, 0.3) is 0 Å².